The molecule has 2 aromatic rings. The van der Waals surface area contributed by atoms with Crippen molar-refractivity contribution in [1.82, 2.24) is 5.32 Å². The van der Waals surface area contributed by atoms with E-state index in [2.05, 4.69) is 5.32 Å². The molecule has 0 spiro atoms. The Balaban J connectivity index is 1.91. The number of primary amides is 1. The predicted octanol–water partition coefficient (Wildman–Crippen LogP) is 2.06. The number of para-hydroxylation sites is 1. The molecule has 2 rings (SSSR count). The highest BCUT2D eigenvalue weighted by atomic mass is 16.5. The van der Waals surface area contributed by atoms with E-state index in [-0.39, 0.29) is 19.1 Å². The Morgan fingerprint density at radius 2 is 1.69 bits per heavy atom. The van der Waals surface area contributed by atoms with E-state index in [1.165, 1.54) is 0 Å². The highest BCUT2D eigenvalue weighted by molar-refractivity contribution is 5.97. The number of nitrogens with two attached hydrogens (primary N) is 1. The molecule has 2 aromatic carbocycles. The minimum atomic E-state index is -0.620. The number of hydrogen-bond acceptors (Lipinski definition) is 4. The molecule has 0 fully saturated rings. The summed E-state index contributed by atoms with van der Waals surface area (Å²) in [5.74, 6) is -0.883. The minimum absolute atomic E-state index is 0.270. The first kappa shape index (κ1) is 19.0. The summed E-state index contributed by atoms with van der Waals surface area (Å²) in [5.41, 5.74) is 6.87. The molecular formula is C19H21N3O4. The second-order valence-electron chi connectivity index (χ2n) is 5.46. The molecule has 0 radical (unpaired) electrons. The monoisotopic (exact) mass is 355 g/mol. The predicted molar refractivity (Wildman–Crippen MR) is 97.6 cm³/mol. The van der Waals surface area contributed by atoms with Crippen LogP contribution in [0.2, 0.25) is 0 Å². The summed E-state index contributed by atoms with van der Waals surface area (Å²) in [6.45, 7) is 2.26. The van der Waals surface area contributed by atoms with Crippen LogP contribution in [0, 0.1) is 0 Å². The molecule has 0 unspecified atom stereocenters. The highest BCUT2D eigenvalue weighted by Crippen LogP contribution is 2.13. The van der Waals surface area contributed by atoms with Gasteiger partial charge in [-0.05, 0) is 36.8 Å². The highest BCUT2D eigenvalue weighted by Gasteiger charge is 2.16. The van der Waals surface area contributed by atoms with Crippen molar-refractivity contribution in [2.24, 2.45) is 5.73 Å². The topological polar surface area (TPSA) is 102 Å². The van der Waals surface area contributed by atoms with Crippen molar-refractivity contribution < 1.29 is 19.1 Å². The first-order chi connectivity index (χ1) is 12.5. The van der Waals surface area contributed by atoms with Crippen LogP contribution in [-0.4, -0.2) is 31.1 Å². The van der Waals surface area contributed by atoms with Crippen molar-refractivity contribution in [3.63, 3.8) is 0 Å². The van der Waals surface area contributed by atoms with E-state index in [0.717, 1.165) is 11.3 Å². The number of benzene rings is 2. The fraction of sp³-hybridized carbons (Fsp3) is 0.211. The summed E-state index contributed by atoms with van der Waals surface area (Å²) >= 11 is 0. The SMILES string of the molecule is CCN(C(=O)COC(=O)c1ccc(CNC(N)=O)cc1)c1ccccc1. The van der Waals surface area contributed by atoms with Gasteiger partial charge in [0, 0.05) is 18.8 Å². The standard InChI is InChI=1S/C19H21N3O4/c1-2-22(16-6-4-3-5-7-16)17(23)13-26-18(24)15-10-8-14(9-11-15)12-21-19(20)25/h3-11H,2,12-13H2,1H3,(H3,20,21,25). The van der Waals surface area contributed by atoms with Gasteiger partial charge in [0.15, 0.2) is 6.61 Å². The molecule has 0 aliphatic rings. The van der Waals surface area contributed by atoms with Crippen LogP contribution >= 0.6 is 0 Å². The molecule has 136 valence electrons. The number of amides is 3. The largest absolute Gasteiger partial charge is 0.452 e. The molecule has 7 nitrogen and oxygen atoms in total. The number of esters is 1. The Hall–Kier alpha value is -3.35. The molecule has 0 atom stereocenters. The zero-order valence-electron chi connectivity index (χ0n) is 14.5. The maximum Gasteiger partial charge on any atom is 0.338 e. The van der Waals surface area contributed by atoms with E-state index >= 15 is 0 Å². The third-order valence-electron chi connectivity index (χ3n) is 3.67. The van der Waals surface area contributed by atoms with E-state index in [4.69, 9.17) is 10.5 Å². The Morgan fingerprint density at radius 1 is 1.04 bits per heavy atom. The maximum absolute atomic E-state index is 12.3. The Bertz CT molecular complexity index is 760. The smallest absolute Gasteiger partial charge is 0.338 e. The lowest BCUT2D eigenvalue weighted by atomic mass is 10.1. The van der Waals surface area contributed by atoms with E-state index in [9.17, 15) is 14.4 Å². The van der Waals surface area contributed by atoms with E-state index < -0.39 is 12.0 Å². The van der Waals surface area contributed by atoms with Gasteiger partial charge in [0.25, 0.3) is 5.91 Å². The van der Waals surface area contributed by atoms with Crippen LogP contribution in [-0.2, 0) is 16.1 Å². The van der Waals surface area contributed by atoms with Crippen LogP contribution < -0.4 is 16.0 Å². The van der Waals surface area contributed by atoms with Gasteiger partial charge in [-0.25, -0.2) is 9.59 Å². The average Bonchev–Trinajstić information content (AvgIpc) is 2.66. The number of hydrogen-bond donors (Lipinski definition) is 2. The summed E-state index contributed by atoms with van der Waals surface area (Å²) in [5, 5.41) is 2.46. The summed E-state index contributed by atoms with van der Waals surface area (Å²) in [7, 11) is 0. The number of urea groups is 1. The maximum atomic E-state index is 12.3. The zero-order valence-corrected chi connectivity index (χ0v) is 14.5. The zero-order chi connectivity index (χ0) is 18.9. The molecule has 7 heteroatoms. The molecule has 0 aliphatic heterocycles. The fourth-order valence-electron chi connectivity index (χ4n) is 2.35. The Labute approximate surface area is 151 Å². The van der Waals surface area contributed by atoms with Crippen molar-refractivity contribution >= 4 is 23.6 Å². The van der Waals surface area contributed by atoms with Crippen LogP contribution in [0.15, 0.2) is 54.6 Å². The van der Waals surface area contributed by atoms with E-state index in [0.29, 0.717) is 12.1 Å². The Kier molecular flexibility index (Phi) is 6.73. The number of carbonyl (C=O) groups excluding carboxylic acids is 3. The van der Waals surface area contributed by atoms with Crippen LogP contribution in [0.4, 0.5) is 10.5 Å². The summed E-state index contributed by atoms with van der Waals surface area (Å²) < 4.78 is 5.11. The number of ether oxygens (including phenoxy) is 1. The van der Waals surface area contributed by atoms with E-state index in [1.807, 2.05) is 37.3 Å². The molecule has 0 aliphatic carbocycles. The van der Waals surface area contributed by atoms with Crippen LogP contribution in [0.1, 0.15) is 22.8 Å². The number of rotatable bonds is 7. The number of carbonyl (C=O) groups is 3. The fourth-order valence-corrected chi connectivity index (χ4v) is 2.35. The van der Waals surface area contributed by atoms with Crippen LogP contribution in [0.5, 0.6) is 0 Å². The average molecular weight is 355 g/mol. The van der Waals surface area contributed by atoms with Gasteiger partial charge < -0.3 is 20.7 Å². The summed E-state index contributed by atoms with van der Waals surface area (Å²) in [6.07, 6.45) is 0. The molecule has 0 saturated carbocycles. The molecule has 26 heavy (non-hydrogen) atoms. The lowest BCUT2D eigenvalue weighted by Crippen LogP contribution is -2.34. The van der Waals surface area contributed by atoms with Crippen molar-refractivity contribution in [2.45, 2.75) is 13.5 Å². The van der Waals surface area contributed by atoms with Crippen molar-refractivity contribution in [3.8, 4) is 0 Å². The third kappa shape index (κ3) is 5.34. The minimum Gasteiger partial charge on any atom is -0.452 e. The van der Waals surface area contributed by atoms with Crippen molar-refractivity contribution in [3.05, 3.63) is 65.7 Å². The molecule has 0 bridgehead atoms. The molecular weight excluding hydrogens is 334 g/mol. The van der Waals surface area contributed by atoms with E-state index in [1.54, 1.807) is 29.2 Å². The molecule has 3 amide bonds. The second-order valence-corrected chi connectivity index (χ2v) is 5.46. The quantitative estimate of drug-likeness (QED) is 0.742. The van der Waals surface area contributed by atoms with Crippen LogP contribution in [0.3, 0.4) is 0 Å². The van der Waals surface area contributed by atoms with Gasteiger partial charge in [-0.2, -0.15) is 0 Å². The van der Waals surface area contributed by atoms with Gasteiger partial charge >= 0.3 is 12.0 Å². The lowest BCUT2D eigenvalue weighted by Gasteiger charge is -2.20. The third-order valence-corrected chi connectivity index (χ3v) is 3.67. The van der Waals surface area contributed by atoms with Crippen molar-refractivity contribution in [1.29, 1.82) is 0 Å². The first-order valence-corrected chi connectivity index (χ1v) is 8.16. The second kappa shape index (κ2) is 9.22. The number of nitrogens with one attached hydrogen (secondary N) is 1. The van der Waals surface area contributed by atoms with Gasteiger partial charge in [-0.3, -0.25) is 4.79 Å². The molecule has 0 heterocycles. The summed E-state index contributed by atoms with van der Waals surface area (Å²) in [6, 6.07) is 15.1. The van der Waals surface area contributed by atoms with Gasteiger partial charge in [0.1, 0.15) is 0 Å². The molecule has 3 N–H and O–H groups in total. The first-order valence-electron chi connectivity index (χ1n) is 8.16. The molecule has 0 aromatic heterocycles. The Morgan fingerprint density at radius 3 is 2.27 bits per heavy atom. The van der Waals surface area contributed by atoms with Gasteiger partial charge in [-0.1, -0.05) is 30.3 Å². The number of likely N-dealkylation sites (N-methyl/N-ethyl adjacent to an activating group) is 1. The van der Waals surface area contributed by atoms with Crippen molar-refractivity contribution in [2.75, 3.05) is 18.1 Å². The normalized spacial score (nSPS) is 10.0. The van der Waals surface area contributed by atoms with Crippen LogP contribution in [0.25, 0.3) is 0 Å². The summed E-state index contributed by atoms with van der Waals surface area (Å²) in [4.78, 5) is 36.6. The molecule has 0 saturated heterocycles. The lowest BCUT2D eigenvalue weighted by molar-refractivity contribution is -0.121. The van der Waals surface area contributed by atoms with Gasteiger partial charge in [0.2, 0.25) is 0 Å². The van der Waals surface area contributed by atoms with Gasteiger partial charge in [-0.15, -0.1) is 0 Å². The van der Waals surface area contributed by atoms with Gasteiger partial charge in [0.05, 0.1) is 5.56 Å². The number of anilines is 1. The number of nitrogens with zero attached hydrogens (tertiary/aromatic N) is 1.